The third-order valence-corrected chi connectivity index (χ3v) is 5.82. The Bertz CT molecular complexity index is 1470. The molecule has 0 aromatic carbocycles. The van der Waals surface area contributed by atoms with E-state index in [0.29, 0.717) is 34.4 Å². The second-order valence-corrected chi connectivity index (χ2v) is 9.34. The average molecular weight is 516 g/mol. The molecule has 4 heterocycles. The third-order valence-electron chi connectivity index (χ3n) is 5.18. The molecule has 0 saturated carbocycles. The standard InChI is InChI=1S/C24H23Cl2N5O4/c1-12-8-28-23(24(4,5)33)30-21(12)17-7-18(16(25)9-27-17)31-13(2)6-19(20(26)22(31)32)35-11-15-10-34-14(3)29-15/h6-10,33H,11H2,1-5H3. The number of ether oxygens (including phenoxy) is 1. The highest BCUT2D eigenvalue weighted by molar-refractivity contribution is 6.33. The number of pyridine rings is 2. The van der Waals surface area contributed by atoms with E-state index in [2.05, 4.69) is 19.9 Å². The molecule has 0 radical (unpaired) electrons. The molecule has 0 bridgehead atoms. The number of aromatic nitrogens is 5. The minimum Gasteiger partial charge on any atom is -0.485 e. The van der Waals surface area contributed by atoms with Gasteiger partial charge in [-0.3, -0.25) is 14.3 Å². The first kappa shape index (κ1) is 24.8. The van der Waals surface area contributed by atoms with Crippen molar-refractivity contribution in [2.45, 2.75) is 46.8 Å². The molecule has 4 aromatic rings. The van der Waals surface area contributed by atoms with E-state index in [1.807, 2.05) is 6.92 Å². The molecule has 0 saturated heterocycles. The molecule has 0 amide bonds. The van der Waals surface area contributed by atoms with Crippen molar-refractivity contribution < 1.29 is 14.3 Å². The fourth-order valence-electron chi connectivity index (χ4n) is 3.44. The van der Waals surface area contributed by atoms with Gasteiger partial charge in [0.2, 0.25) is 0 Å². The first-order valence-electron chi connectivity index (χ1n) is 10.6. The summed E-state index contributed by atoms with van der Waals surface area (Å²) in [6.45, 7) is 8.58. The van der Waals surface area contributed by atoms with E-state index in [1.165, 1.54) is 17.0 Å². The van der Waals surface area contributed by atoms with Crippen molar-refractivity contribution in [2.75, 3.05) is 0 Å². The van der Waals surface area contributed by atoms with Gasteiger partial charge in [0.15, 0.2) is 11.7 Å². The topological polar surface area (TPSA) is 116 Å². The van der Waals surface area contributed by atoms with E-state index in [4.69, 9.17) is 32.4 Å². The van der Waals surface area contributed by atoms with Gasteiger partial charge in [-0.15, -0.1) is 0 Å². The molecule has 4 aromatic heterocycles. The molecule has 0 spiro atoms. The monoisotopic (exact) mass is 515 g/mol. The van der Waals surface area contributed by atoms with Crippen LogP contribution in [0.2, 0.25) is 10.0 Å². The molecule has 11 heteroatoms. The van der Waals surface area contributed by atoms with Crippen LogP contribution in [0.4, 0.5) is 0 Å². The zero-order valence-electron chi connectivity index (χ0n) is 19.8. The summed E-state index contributed by atoms with van der Waals surface area (Å²) in [5.41, 5.74) is 1.46. The van der Waals surface area contributed by atoms with Gasteiger partial charge in [0.25, 0.3) is 5.56 Å². The van der Waals surface area contributed by atoms with Crippen LogP contribution in [0.3, 0.4) is 0 Å². The van der Waals surface area contributed by atoms with Crippen LogP contribution in [0, 0.1) is 20.8 Å². The summed E-state index contributed by atoms with van der Waals surface area (Å²) in [6.07, 6.45) is 4.53. The van der Waals surface area contributed by atoms with Gasteiger partial charge in [-0.25, -0.2) is 15.0 Å². The highest BCUT2D eigenvalue weighted by atomic mass is 35.5. The number of rotatable bonds is 6. The summed E-state index contributed by atoms with van der Waals surface area (Å²) in [6, 6.07) is 3.30. The molecule has 0 unspecified atom stereocenters. The molecule has 1 N–H and O–H groups in total. The van der Waals surface area contributed by atoms with Gasteiger partial charge in [-0.1, -0.05) is 23.2 Å². The van der Waals surface area contributed by atoms with Crippen molar-refractivity contribution >= 4 is 23.2 Å². The summed E-state index contributed by atoms with van der Waals surface area (Å²) >= 11 is 12.8. The quantitative estimate of drug-likeness (QED) is 0.392. The van der Waals surface area contributed by atoms with Crippen molar-refractivity contribution in [3.63, 3.8) is 0 Å². The van der Waals surface area contributed by atoms with Gasteiger partial charge in [0, 0.05) is 31.1 Å². The van der Waals surface area contributed by atoms with Crippen LogP contribution < -0.4 is 10.3 Å². The molecule has 0 aliphatic rings. The Hall–Kier alpha value is -3.27. The van der Waals surface area contributed by atoms with Gasteiger partial charge in [-0.05, 0) is 39.3 Å². The lowest BCUT2D eigenvalue weighted by Crippen LogP contribution is -2.22. The van der Waals surface area contributed by atoms with Crippen molar-refractivity contribution in [1.82, 2.24) is 24.5 Å². The zero-order valence-corrected chi connectivity index (χ0v) is 21.3. The maximum Gasteiger partial charge on any atom is 0.277 e. The Labute approximate surface area is 211 Å². The average Bonchev–Trinajstić information content (AvgIpc) is 3.21. The number of hydrogen-bond donors (Lipinski definition) is 1. The molecule has 0 fully saturated rings. The molecule has 182 valence electrons. The predicted octanol–water partition coefficient (Wildman–Crippen LogP) is 4.72. The summed E-state index contributed by atoms with van der Waals surface area (Å²) in [5, 5.41) is 10.5. The molecule has 0 aliphatic heterocycles. The van der Waals surface area contributed by atoms with Crippen molar-refractivity contribution in [3.05, 3.63) is 79.9 Å². The zero-order chi connectivity index (χ0) is 25.5. The van der Waals surface area contributed by atoms with E-state index < -0.39 is 11.2 Å². The molecule has 4 rings (SSSR count). The Balaban J connectivity index is 1.76. The fraction of sp³-hybridized carbons (Fsp3) is 0.292. The smallest absolute Gasteiger partial charge is 0.277 e. The lowest BCUT2D eigenvalue weighted by atomic mass is 10.1. The Morgan fingerprint density at radius 2 is 1.86 bits per heavy atom. The number of hydrogen-bond acceptors (Lipinski definition) is 8. The summed E-state index contributed by atoms with van der Waals surface area (Å²) in [4.78, 5) is 30.5. The predicted molar refractivity (Wildman–Crippen MR) is 131 cm³/mol. The molecule has 35 heavy (non-hydrogen) atoms. The minimum absolute atomic E-state index is 0.0939. The molecule has 0 aliphatic carbocycles. The lowest BCUT2D eigenvalue weighted by Gasteiger charge is -2.18. The van der Waals surface area contributed by atoms with E-state index in [-0.39, 0.29) is 28.2 Å². The van der Waals surface area contributed by atoms with Gasteiger partial charge in [0.05, 0.1) is 22.1 Å². The number of aryl methyl sites for hydroxylation is 3. The van der Waals surface area contributed by atoms with Crippen LogP contribution in [0.5, 0.6) is 5.75 Å². The van der Waals surface area contributed by atoms with Crippen LogP contribution in [-0.2, 0) is 12.2 Å². The molecular formula is C24H23Cl2N5O4. The Kier molecular flexibility index (Phi) is 6.68. The van der Waals surface area contributed by atoms with E-state index in [9.17, 15) is 9.90 Å². The van der Waals surface area contributed by atoms with Crippen LogP contribution in [0.15, 0.2) is 40.0 Å². The normalized spacial score (nSPS) is 11.7. The lowest BCUT2D eigenvalue weighted by molar-refractivity contribution is 0.0688. The van der Waals surface area contributed by atoms with E-state index >= 15 is 0 Å². The maximum atomic E-state index is 13.3. The molecule has 0 atom stereocenters. The second kappa shape index (κ2) is 9.41. The van der Waals surface area contributed by atoms with Crippen LogP contribution in [0.25, 0.3) is 17.1 Å². The van der Waals surface area contributed by atoms with Crippen LogP contribution in [-0.4, -0.2) is 29.6 Å². The van der Waals surface area contributed by atoms with Gasteiger partial charge in [-0.2, -0.15) is 0 Å². The van der Waals surface area contributed by atoms with Gasteiger partial charge in [0.1, 0.15) is 34.9 Å². The maximum absolute atomic E-state index is 13.3. The third kappa shape index (κ3) is 5.07. The fourth-order valence-corrected chi connectivity index (χ4v) is 3.82. The summed E-state index contributed by atoms with van der Waals surface area (Å²) in [7, 11) is 0. The molecular weight excluding hydrogens is 493 g/mol. The van der Waals surface area contributed by atoms with Crippen LogP contribution in [0.1, 0.15) is 42.5 Å². The molecule has 9 nitrogen and oxygen atoms in total. The number of halogens is 2. The number of oxazole rings is 1. The van der Waals surface area contributed by atoms with E-state index in [1.54, 1.807) is 46.0 Å². The van der Waals surface area contributed by atoms with Gasteiger partial charge < -0.3 is 14.3 Å². The van der Waals surface area contributed by atoms with E-state index in [0.717, 1.165) is 5.56 Å². The highest BCUT2D eigenvalue weighted by Gasteiger charge is 2.22. The van der Waals surface area contributed by atoms with Crippen molar-refractivity contribution in [2.24, 2.45) is 0 Å². The largest absolute Gasteiger partial charge is 0.485 e. The summed E-state index contributed by atoms with van der Waals surface area (Å²) in [5.74, 6) is 0.979. The first-order valence-corrected chi connectivity index (χ1v) is 11.4. The Morgan fingerprint density at radius 1 is 1.11 bits per heavy atom. The van der Waals surface area contributed by atoms with Gasteiger partial charge >= 0.3 is 0 Å². The van der Waals surface area contributed by atoms with Crippen molar-refractivity contribution in [3.8, 4) is 22.8 Å². The van der Waals surface area contributed by atoms with Crippen molar-refractivity contribution in [1.29, 1.82) is 0 Å². The van der Waals surface area contributed by atoms with Crippen LogP contribution >= 0.6 is 23.2 Å². The Morgan fingerprint density at radius 3 is 2.51 bits per heavy atom. The summed E-state index contributed by atoms with van der Waals surface area (Å²) < 4.78 is 12.3. The first-order chi connectivity index (χ1) is 16.5. The second-order valence-electron chi connectivity index (χ2n) is 8.56. The number of aliphatic hydroxyl groups is 1. The minimum atomic E-state index is -1.24. The number of nitrogens with zero attached hydrogens (tertiary/aromatic N) is 5. The SMILES string of the molecule is Cc1nc(COc2cc(C)n(-c3cc(-c4nc(C(C)(C)O)ncc4C)ncc3Cl)c(=O)c2Cl)co1. The highest BCUT2D eigenvalue weighted by Crippen LogP contribution is 2.30.